The molecule has 0 radical (unpaired) electrons. The molecular weight excluding hydrogens is 388 g/mol. The summed E-state index contributed by atoms with van der Waals surface area (Å²) in [6.45, 7) is 4.99. The van der Waals surface area contributed by atoms with Gasteiger partial charge >= 0.3 is 0 Å². The van der Waals surface area contributed by atoms with Gasteiger partial charge in [0.2, 0.25) is 0 Å². The molecule has 0 saturated heterocycles. The van der Waals surface area contributed by atoms with Gasteiger partial charge in [0.05, 0.1) is 17.9 Å². The first-order chi connectivity index (χ1) is 15.2. The molecule has 0 atom stereocenters. The molecule has 0 saturated carbocycles. The molecule has 2 amide bonds. The van der Waals surface area contributed by atoms with E-state index in [0.29, 0.717) is 35.7 Å². The number of anilines is 2. The zero-order chi connectivity index (χ0) is 21.8. The molecule has 0 N–H and O–H groups in total. The van der Waals surface area contributed by atoms with Crippen molar-refractivity contribution < 1.29 is 14.3 Å². The minimum Gasteiger partial charge on any atom is -0.494 e. The lowest BCUT2D eigenvalue weighted by Crippen LogP contribution is -2.35. The molecule has 3 aromatic carbocycles. The lowest BCUT2D eigenvalue weighted by Gasteiger charge is -2.25. The maximum absolute atomic E-state index is 13.6. The third kappa shape index (κ3) is 3.82. The number of carbonyl (C=O) groups is 2. The molecule has 5 heteroatoms. The number of likely N-dealkylation sites (N-methyl/N-ethyl adjacent to an activating group) is 1. The number of nitrogens with zero attached hydrogens (tertiary/aromatic N) is 2. The van der Waals surface area contributed by atoms with Crippen LogP contribution in [0.3, 0.4) is 0 Å². The summed E-state index contributed by atoms with van der Waals surface area (Å²) in [5, 5.41) is 0. The summed E-state index contributed by atoms with van der Waals surface area (Å²) in [6.07, 6.45) is 0. The highest BCUT2D eigenvalue weighted by atomic mass is 16.5. The highest BCUT2D eigenvalue weighted by Crippen LogP contribution is 2.37. The Morgan fingerprint density at radius 3 is 1.97 bits per heavy atom. The van der Waals surface area contributed by atoms with Crippen LogP contribution in [0.25, 0.3) is 5.57 Å². The number of hydrogen-bond acceptors (Lipinski definition) is 4. The van der Waals surface area contributed by atoms with Crippen molar-refractivity contribution in [1.29, 1.82) is 0 Å². The SMILES string of the molecule is CCOc1ccc(C2=C(N(CC)c3ccccc3)C(=O)N(c3ccccc3)C2=O)cc1. The van der Waals surface area contributed by atoms with Crippen molar-refractivity contribution in [3.63, 3.8) is 0 Å². The van der Waals surface area contributed by atoms with Crippen molar-refractivity contribution in [2.24, 2.45) is 0 Å². The monoisotopic (exact) mass is 412 g/mol. The van der Waals surface area contributed by atoms with Crippen molar-refractivity contribution in [2.75, 3.05) is 23.0 Å². The fourth-order valence-corrected chi connectivity index (χ4v) is 3.80. The maximum atomic E-state index is 13.6. The second kappa shape index (κ2) is 8.88. The molecule has 0 bridgehead atoms. The quantitative estimate of drug-likeness (QED) is 0.518. The molecule has 0 fully saturated rings. The van der Waals surface area contributed by atoms with Crippen LogP contribution in [0.15, 0.2) is 90.6 Å². The minimum atomic E-state index is -0.329. The summed E-state index contributed by atoms with van der Waals surface area (Å²) >= 11 is 0. The Labute approximate surface area is 182 Å². The number of carbonyl (C=O) groups excluding carboxylic acids is 2. The number of benzene rings is 3. The molecule has 0 aliphatic carbocycles. The Bertz CT molecular complexity index is 1110. The van der Waals surface area contributed by atoms with Crippen LogP contribution in [0.4, 0.5) is 11.4 Å². The second-order valence-corrected chi connectivity index (χ2v) is 7.04. The van der Waals surface area contributed by atoms with Crippen LogP contribution in [-0.2, 0) is 9.59 Å². The molecular formula is C26H24N2O3. The molecule has 1 heterocycles. The molecule has 4 rings (SSSR count). The summed E-state index contributed by atoms with van der Waals surface area (Å²) in [6, 6.07) is 26.0. The predicted molar refractivity (Wildman–Crippen MR) is 123 cm³/mol. The second-order valence-electron chi connectivity index (χ2n) is 7.04. The van der Waals surface area contributed by atoms with Crippen molar-refractivity contribution in [3.8, 4) is 5.75 Å². The Balaban J connectivity index is 1.87. The lowest BCUT2D eigenvalue weighted by atomic mass is 10.0. The van der Waals surface area contributed by atoms with E-state index in [4.69, 9.17) is 4.74 Å². The molecule has 1 aliphatic rings. The highest BCUT2D eigenvalue weighted by molar-refractivity contribution is 6.46. The third-order valence-corrected chi connectivity index (χ3v) is 5.18. The minimum absolute atomic E-state index is 0.328. The van der Waals surface area contributed by atoms with E-state index >= 15 is 0 Å². The standard InChI is InChI=1S/C26H24N2O3/c1-3-27(20-11-7-5-8-12-20)24-23(19-15-17-22(18-16-19)31-4-2)25(29)28(26(24)30)21-13-9-6-10-14-21/h5-18H,3-4H2,1-2H3. The van der Waals surface area contributed by atoms with Gasteiger partial charge in [-0.1, -0.05) is 48.5 Å². The van der Waals surface area contributed by atoms with E-state index in [1.165, 1.54) is 4.90 Å². The van der Waals surface area contributed by atoms with E-state index < -0.39 is 0 Å². The largest absolute Gasteiger partial charge is 0.494 e. The predicted octanol–water partition coefficient (Wildman–Crippen LogP) is 4.90. The number of ether oxygens (including phenoxy) is 1. The Kier molecular flexibility index (Phi) is 5.85. The van der Waals surface area contributed by atoms with Crippen molar-refractivity contribution in [2.45, 2.75) is 13.8 Å². The third-order valence-electron chi connectivity index (χ3n) is 5.18. The molecule has 3 aromatic rings. The van der Waals surface area contributed by atoms with Gasteiger partial charge in [-0.25, -0.2) is 4.90 Å². The first-order valence-corrected chi connectivity index (χ1v) is 10.4. The Morgan fingerprint density at radius 1 is 0.774 bits per heavy atom. The highest BCUT2D eigenvalue weighted by Gasteiger charge is 2.42. The van der Waals surface area contributed by atoms with Crippen LogP contribution in [0.1, 0.15) is 19.4 Å². The zero-order valence-electron chi connectivity index (χ0n) is 17.6. The van der Waals surface area contributed by atoms with E-state index in [9.17, 15) is 9.59 Å². The van der Waals surface area contributed by atoms with Gasteiger partial charge in [0.25, 0.3) is 11.8 Å². The molecule has 5 nitrogen and oxygen atoms in total. The molecule has 1 aliphatic heterocycles. The van der Waals surface area contributed by atoms with E-state index in [1.54, 1.807) is 12.1 Å². The first kappa shape index (κ1) is 20.4. The summed E-state index contributed by atoms with van der Waals surface area (Å²) in [4.78, 5) is 30.4. The number of imide groups is 1. The molecule has 31 heavy (non-hydrogen) atoms. The zero-order valence-corrected chi connectivity index (χ0v) is 17.6. The van der Waals surface area contributed by atoms with E-state index in [2.05, 4.69) is 0 Å². The average Bonchev–Trinajstić information content (AvgIpc) is 3.06. The van der Waals surface area contributed by atoms with Gasteiger partial charge in [-0.2, -0.15) is 0 Å². The van der Waals surface area contributed by atoms with Gasteiger partial charge in [-0.3, -0.25) is 9.59 Å². The van der Waals surface area contributed by atoms with Crippen molar-refractivity contribution >= 4 is 28.8 Å². The van der Waals surface area contributed by atoms with Gasteiger partial charge in [-0.15, -0.1) is 0 Å². The Morgan fingerprint density at radius 2 is 1.39 bits per heavy atom. The van der Waals surface area contributed by atoms with Crippen molar-refractivity contribution in [1.82, 2.24) is 0 Å². The maximum Gasteiger partial charge on any atom is 0.282 e. The number of hydrogen-bond donors (Lipinski definition) is 0. The molecule has 0 spiro atoms. The fourth-order valence-electron chi connectivity index (χ4n) is 3.80. The molecule has 0 unspecified atom stereocenters. The smallest absolute Gasteiger partial charge is 0.282 e. The molecule has 0 aromatic heterocycles. The van der Waals surface area contributed by atoms with Gasteiger partial charge in [0, 0.05) is 12.2 Å². The van der Waals surface area contributed by atoms with Gasteiger partial charge < -0.3 is 9.64 Å². The summed E-state index contributed by atoms with van der Waals surface area (Å²) in [5.74, 6) is 0.0658. The van der Waals surface area contributed by atoms with Crippen LogP contribution in [0, 0.1) is 0 Å². The van der Waals surface area contributed by atoms with Crippen molar-refractivity contribution in [3.05, 3.63) is 96.2 Å². The Hall–Kier alpha value is -3.86. The summed E-state index contributed by atoms with van der Waals surface area (Å²) < 4.78 is 5.54. The first-order valence-electron chi connectivity index (χ1n) is 10.4. The van der Waals surface area contributed by atoms with E-state index in [1.807, 2.05) is 91.5 Å². The van der Waals surface area contributed by atoms with Gasteiger partial charge in [-0.05, 0) is 55.8 Å². The van der Waals surface area contributed by atoms with E-state index in [-0.39, 0.29) is 11.8 Å². The van der Waals surface area contributed by atoms with E-state index in [0.717, 1.165) is 11.4 Å². The van der Waals surface area contributed by atoms with Gasteiger partial charge in [0.1, 0.15) is 11.4 Å². The van der Waals surface area contributed by atoms with Crippen LogP contribution in [-0.4, -0.2) is 25.0 Å². The van der Waals surface area contributed by atoms with Crippen LogP contribution in [0.5, 0.6) is 5.75 Å². The summed E-state index contributed by atoms with van der Waals surface area (Å²) in [5.41, 5.74) is 2.87. The number of rotatable bonds is 7. The topological polar surface area (TPSA) is 49.9 Å². The lowest BCUT2D eigenvalue weighted by molar-refractivity contribution is -0.120. The number of amides is 2. The average molecular weight is 412 g/mol. The summed E-state index contributed by atoms with van der Waals surface area (Å²) in [7, 11) is 0. The van der Waals surface area contributed by atoms with Crippen LogP contribution in [0.2, 0.25) is 0 Å². The fraction of sp³-hybridized carbons (Fsp3) is 0.154. The van der Waals surface area contributed by atoms with Crippen LogP contribution < -0.4 is 14.5 Å². The normalized spacial score (nSPS) is 13.7. The molecule has 156 valence electrons. The number of para-hydroxylation sites is 2. The van der Waals surface area contributed by atoms with Crippen LogP contribution >= 0.6 is 0 Å². The van der Waals surface area contributed by atoms with Gasteiger partial charge in [0.15, 0.2) is 0 Å².